The molecule has 3 heterocycles. The molecule has 0 aromatic carbocycles. The summed E-state index contributed by atoms with van der Waals surface area (Å²) in [6.07, 6.45) is 3.85. The van der Waals surface area contributed by atoms with Gasteiger partial charge in [-0.3, -0.25) is 4.79 Å². The van der Waals surface area contributed by atoms with Gasteiger partial charge in [0.25, 0.3) is 0 Å². The molecule has 0 radical (unpaired) electrons. The highest BCUT2D eigenvalue weighted by Crippen LogP contribution is 2.40. The number of hydrogen-bond acceptors (Lipinski definition) is 5. The van der Waals surface area contributed by atoms with E-state index in [1.807, 2.05) is 31.7 Å². The summed E-state index contributed by atoms with van der Waals surface area (Å²) < 4.78 is 6.08. The highest BCUT2D eigenvalue weighted by molar-refractivity contribution is 7.99. The molecular formula is C16H22N2O2S. The van der Waals surface area contributed by atoms with E-state index in [1.54, 1.807) is 0 Å². The molecule has 0 amide bonds. The monoisotopic (exact) mass is 306 g/mol. The predicted molar refractivity (Wildman–Crippen MR) is 83.8 cm³/mol. The van der Waals surface area contributed by atoms with Crippen LogP contribution in [0.3, 0.4) is 0 Å². The highest BCUT2D eigenvalue weighted by atomic mass is 32.2. The minimum Gasteiger partial charge on any atom is -0.375 e. The number of Topliss-reactive ketones (excluding diaryl/α,β-unsaturated/α-hetero) is 1. The zero-order valence-electron chi connectivity index (χ0n) is 12.7. The van der Waals surface area contributed by atoms with Gasteiger partial charge in [-0.2, -0.15) is 22.0 Å². The standard InChI is InChI=1S/C16H22N2O2S/c1-11-9-14(12(2)18-17-11)15(19)13-3-6-20-16(10-13)4-7-21-8-5-16/h9,13H,3-8,10H2,1-2H3. The molecule has 21 heavy (non-hydrogen) atoms. The van der Waals surface area contributed by atoms with Crippen molar-refractivity contribution in [2.45, 2.75) is 45.1 Å². The molecule has 1 atom stereocenters. The van der Waals surface area contributed by atoms with E-state index in [9.17, 15) is 4.79 Å². The first kappa shape index (κ1) is 15.0. The number of rotatable bonds is 2. The molecule has 1 aromatic heterocycles. The highest BCUT2D eigenvalue weighted by Gasteiger charge is 2.41. The molecule has 1 unspecified atom stereocenters. The van der Waals surface area contributed by atoms with Crippen molar-refractivity contribution in [3.63, 3.8) is 0 Å². The number of carbonyl (C=O) groups excluding carboxylic acids is 1. The van der Waals surface area contributed by atoms with Crippen LogP contribution in [0.5, 0.6) is 0 Å². The van der Waals surface area contributed by atoms with Crippen molar-refractivity contribution in [1.82, 2.24) is 10.2 Å². The second kappa shape index (κ2) is 6.05. The lowest BCUT2D eigenvalue weighted by Gasteiger charge is -2.43. The minimum atomic E-state index is -0.0484. The number of ketones is 1. The van der Waals surface area contributed by atoms with Crippen LogP contribution in [0, 0.1) is 19.8 Å². The van der Waals surface area contributed by atoms with Crippen molar-refractivity contribution in [2.24, 2.45) is 5.92 Å². The lowest BCUT2D eigenvalue weighted by Crippen LogP contribution is -2.44. The number of ether oxygens (including phenoxy) is 1. The zero-order valence-corrected chi connectivity index (χ0v) is 13.5. The Balaban J connectivity index is 1.79. The van der Waals surface area contributed by atoms with Crippen LogP contribution in [0.1, 0.15) is 47.4 Å². The maximum Gasteiger partial charge on any atom is 0.168 e. The van der Waals surface area contributed by atoms with Gasteiger partial charge in [-0.05, 0) is 57.1 Å². The zero-order chi connectivity index (χ0) is 14.9. The average Bonchev–Trinajstić information content (AvgIpc) is 2.50. The van der Waals surface area contributed by atoms with E-state index in [0.29, 0.717) is 6.61 Å². The van der Waals surface area contributed by atoms with Gasteiger partial charge < -0.3 is 4.74 Å². The maximum atomic E-state index is 12.9. The molecule has 0 bridgehead atoms. The largest absolute Gasteiger partial charge is 0.375 e. The second-order valence-corrected chi connectivity index (χ2v) is 7.41. The van der Waals surface area contributed by atoms with Gasteiger partial charge in [0, 0.05) is 18.1 Å². The lowest BCUT2D eigenvalue weighted by molar-refractivity contribution is -0.0959. The quantitative estimate of drug-likeness (QED) is 0.786. The van der Waals surface area contributed by atoms with Gasteiger partial charge >= 0.3 is 0 Å². The van der Waals surface area contributed by atoms with E-state index in [2.05, 4.69) is 10.2 Å². The maximum absolute atomic E-state index is 12.9. The summed E-state index contributed by atoms with van der Waals surface area (Å²) in [5.74, 6) is 2.60. The molecule has 4 nitrogen and oxygen atoms in total. The molecule has 5 heteroatoms. The molecular weight excluding hydrogens is 284 g/mol. The van der Waals surface area contributed by atoms with Crippen molar-refractivity contribution >= 4 is 17.5 Å². The number of carbonyl (C=O) groups is 1. The van der Waals surface area contributed by atoms with E-state index >= 15 is 0 Å². The van der Waals surface area contributed by atoms with Gasteiger partial charge in [-0.1, -0.05) is 0 Å². The number of nitrogens with zero attached hydrogens (tertiary/aromatic N) is 2. The SMILES string of the molecule is Cc1cc(C(=O)C2CCOC3(CCSCC3)C2)c(C)nn1. The van der Waals surface area contributed by atoms with Gasteiger partial charge in [0.2, 0.25) is 0 Å². The summed E-state index contributed by atoms with van der Waals surface area (Å²) >= 11 is 1.99. The average molecular weight is 306 g/mol. The fourth-order valence-corrected chi connectivity index (χ4v) is 4.60. The third-order valence-electron chi connectivity index (χ3n) is 4.63. The minimum absolute atomic E-state index is 0.0484. The molecule has 2 aliphatic heterocycles. The van der Waals surface area contributed by atoms with Gasteiger partial charge in [-0.25, -0.2) is 0 Å². The fraction of sp³-hybridized carbons (Fsp3) is 0.688. The van der Waals surface area contributed by atoms with Crippen LogP contribution < -0.4 is 0 Å². The Morgan fingerprint density at radius 1 is 1.33 bits per heavy atom. The van der Waals surface area contributed by atoms with Gasteiger partial charge in [0.1, 0.15) is 0 Å². The van der Waals surface area contributed by atoms with Crippen molar-refractivity contribution in [3.05, 3.63) is 23.0 Å². The number of aryl methyl sites for hydroxylation is 2. The van der Waals surface area contributed by atoms with E-state index in [-0.39, 0.29) is 17.3 Å². The van der Waals surface area contributed by atoms with Crippen molar-refractivity contribution in [2.75, 3.05) is 18.1 Å². The Hall–Kier alpha value is -0.940. The normalized spacial score (nSPS) is 25.0. The molecule has 2 fully saturated rings. The summed E-state index contributed by atoms with van der Waals surface area (Å²) in [5, 5.41) is 8.11. The molecule has 3 rings (SSSR count). The molecule has 1 spiro atoms. The Labute approximate surface area is 130 Å². The van der Waals surface area contributed by atoms with Crippen LogP contribution in [-0.4, -0.2) is 39.7 Å². The van der Waals surface area contributed by atoms with Crippen LogP contribution in [0.4, 0.5) is 0 Å². The first-order chi connectivity index (χ1) is 10.1. The van der Waals surface area contributed by atoms with E-state index in [0.717, 1.165) is 54.1 Å². The molecule has 0 aliphatic carbocycles. The molecule has 2 aliphatic rings. The smallest absolute Gasteiger partial charge is 0.168 e. The van der Waals surface area contributed by atoms with E-state index < -0.39 is 0 Å². The van der Waals surface area contributed by atoms with Crippen molar-refractivity contribution in [1.29, 1.82) is 0 Å². The van der Waals surface area contributed by atoms with Gasteiger partial charge in [0.05, 0.1) is 17.0 Å². The first-order valence-electron chi connectivity index (χ1n) is 7.66. The predicted octanol–water partition coefficient (Wildman–Crippen LogP) is 2.97. The van der Waals surface area contributed by atoms with Gasteiger partial charge in [-0.15, -0.1) is 0 Å². The molecule has 0 N–H and O–H groups in total. The second-order valence-electron chi connectivity index (χ2n) is 6.18. The van der Waals surface area contributed by atoms with Gasteiger partial charge in [0.15, 0.2) is 5.78 Å². The molecule has 2 saturated heterocycles. The molecule has 0 saturated carbocycles. The van der Waals surface area contributed by atoms with Crippen LogP contribution in [0.15, 0.2) is 6.07 Å². The Bertz CT molecular complexity index is 536. The lowest BCUT2D eigenvalue weighted by atomic mass is 9.78. The Kier molecular flexibility index (Phi) is 4.31. The Morgan fingerprint density at radius 2 is 2.10 bits per heavy atom. The summed E-state index contributed by atoms with van der Waals surface area (Å²) in [6.45, 7) is 4.46. The third kappa shape index (κ3) is 3.14. The van der Waals surface area contributed by atoms with Crippen LogP contribution >= 0.6 is 11.8 Å². The Morgan fingerprint density at radius 3 is 2.86 bits per heavy atom. The van der Waals surface area contributed by atoms with Crippen LogP contribution in [-0.2, 0) is 4.74 Å². The van der Waals surface area contributed by atoms with Crippen molar-refractivity contribution in [3.8, 4) is 0 Å². The summed E-state index contributed by atoms with van der Waals surface area (Å²) in [6, 6.07) is 1.88. The summed E-state index contributed by atoms with van der Waals surface area (Å²) in [7, 11) is 0. The molecule has 1 aromatic rings. The summed E-state index contributed by atoms with van der Waals surface area (Å²) in [5.41, 5.74) is 2.24. The number of thioether (sulfide) groups is 1. The first-order valence-corrected chi connectivity index (χ1v) is 8.82. The topological polar surface area (TPSA) is 52.1 Å². The van der Waals surface area contributed by atoms with Crippen LogP contribution in [0.25, 0.3) is 0 Å². The fourth-order valence-electron chi connectivity index (χ4n) is 3.36. The third-order valence-corrected chi connectivity index (χ3v) is 5.62. The summed E-state index contributed by atoms with van der Waals surface area (Å²) in [4.78, 5) is 12.9. The van der Waals surface area contributed by atoms with Crippen molar-refractivity contribution < 1.29 is 9.53 Å². The molecule has 114 valence electrons. The van der Waals surface area contributed by atoms with E-state index in [4.69, 9.17) is 4.74 Å². The van der Waals surface area contributed by atoms with E-state index in [1.165, 1.54) is 0 Å². The number of aromatic nitrogens is 2. The number of hydrogen-bond donors (Lipinski definition) is 0. The van der Waals surface area contributed by atoms with Crippen LogP contribution in [0.2, 0.25) is 0 Å².